The van der Waals surface area contributed by atoms with Gasteiger partial charge in [-0.1, -0.05) is 53.5 Å². The van der Waals surface area contributed by atoms with Crippen LogP contribution >= 0.6 is 23.2 Å². The first-order chi connectivity index (χ1) is 12.0. The van der Waals surface area contributed by atoms with Gasteiger partial charge in [0.15, 0.2) is 0 Å². The molecule has 6 heteroatoms. The molecule has 0 heterocycles. The minimum Gasteiger partial charge on any atom is -0.372 e. The number of halogens is 2. The summed E-state index contributed by atoms with van der Waals surface area (Å²) < 4.78 is 0. The van der Waals surface area contributed by atoms with Gasteiger partial charge in [0.1, 0.15) is 11.6 Å². The molecular weight excluding hydrogens is 357 g/mol. The molecule has 2 rings (SSSR count). The number of benzene rings is 2. The molecule has 4 nitrogen and oxygen atoms in total. The van der Waals surface area contributed by atoms with Crippen LogP contribution < -0.4 is 5.32 Å². The van der Waals surface area contributed by atoms with Crippen molar-refractivity contribution >= 4 is 34.8 Å². The first-order valence-electron chi connectivity index (χ1n) is 7.69. The number of anilines is 1. The number of hydrogen-bond donors (Lipinski definition) is 1. The second kappa shape index (κ2) is 9.12. The number of amides is 1. The lowest BCUT2D eigenvalue weighted by molar-refractivity contribution is -0.112. The topological polar surface area (TPSA) is 56.1 Å². The zero-order chi connectivity index (χ0) is 18.2. The molecule has 1 amide bonds. The van der Waals surface area contributed by atoms with Crippen LogP contribution in [-0.2, 0) is 11.3 Å². The van der Waals surface area contributed by atoms with E-state index in [9.17, 15) is 10.1 Å². The first kappa shape index (κ1) is 18.9. The molecule has 0 saturated carbocycles. The molecule has 0 aromatic heterocycles. The third-order valence-corrected chi connectivity index (χ3v) is 4.04. The number of carbonyl (C=O) groups excluding carboxylic acids is 1. The monoisotopic (exact) mass is 373 g/mol. The van der Waals surface area contributed by atoms with Crippen LogP contribution in [0.15, 0.2) is 60.3 Å². The summed E-state index contributed by atoms with van der Waals surface area (Å²) in [6, 6.07) is 16.5. The largest absolute Gasteiger partial charge is 0.372 e. The summed E-state index contributed by atoms with van der Waals surface area (Å²) >= 11 is 11.9. The molecule has 0 aliphatic rings. The molecule has 0 atom stereocenters. The van der Waals surface area contributed by atoms with Crippen LogP contribution in [0.4, 0.5) is 5.69 Å². The fraction of sp³-hybridized carbons (Fsp3) is 0.158. The summed E-state index contributed by atoms with van der Waals surface area (Å²) in [6.45, 7) is 3.23. The van der Waals surface area contributed by atoms with Gasteiger partial charge in [0.25, 0.3) is 5.91 Å². The molecule has 0 bridgehead atoms. The second-order valence-electron chi connectivity index (χ2n) is 5.28. The minimum absolute atomic E-state index is 0.00352. The Bertz CT molecular complexity index is 813. The molecule has 2 aromatic rings. The average molecular weight is 374 g/mol. The first-order valence-corrected chi connectivity index (χ1v) is 8.45. The molecule has 0 radical (unpaired) electrons. The van der Waals surface area contributed by atoms with E-state index in [-0.39, 0.29) is 5.57 Å². The second-order valence-corrected chi connectivity index (χ2v) is 6.13. The summed E-state index contributed by atoms with van der Waals surface area (Å²) in [5.41, 5.74) is 1.51. The molecule has 0 unspecified atom stereocenters. The van der Waals surface area contributed by atoms with Crippen molar-refractivity contribution in [3.05, 3.63) is 75.9 Å². The number of hydrogen-bond acceptors (Lipinski definition) is 3. The Balaban J connectivity index is 2.14. The molecule has 2 aromatic carbocycles. The van der Waals surface area contributed by atoms with E-state index in [1.807, 2.05) is 48.2 Å². The summed E-state index contributed by atoms with van der Waals surface area (Å²) in [5.74, 6) is -0.516. The van der Waals surface area contributed by atoms with Gasteiger partial charge in [0, 0.05) is 24.3 Å². The Hall–Kier alpha value is -2.48. The summed E-state index contributed by atoms with van der Waals surface area (Å²) in [6.07, 6.45) is 1.56. The lowest BCUT2D eigenvalue weighted by Gasteiger charge is -2.19. The Morgan fingerprint density at radius 1 is 1.24 bits per heavy atom. The lowest BCUT2D eigenvalue weighted by atomic mass is 10.2. The van der Waals surface area contributed by atoms with Crippen molar-refractivity contribution in [1.82, 2.24) is 4.90 Å². The van der Waals surface area contributed by atoms with Crippen molar-refractivity contribution < 1.29 is 4.79 Å². The Labute approximate surface area is 157 Å². The van der Waals surface area contributed by atoms with Crippen molar-refractivity contribution in [2.45, 2.75) is 13.5 Å². The van der Waals surface area contributed by atoms with Crippen LogP contribution in [0.5, 0.6) is 0 Å². The van der Waals surface area contributed by atoms with Gasteiger partial charge in [0.05, 0.1) is 10.7 Å². The number of nitriles is 1. The zero-order valence-corrected chi connectivity index (χ0v) is 15.2. The molecule has 0 aliphatic heterocycles. The van der Waals surface area contributed by atoms with Crippen LogP contribution in [0.1, 0.15) is 12.5 Å². The molecule has 1 N–H and O–H groups in total. The van der Waals surface area contributed by atoms with E-state index >= 15 is 0 Å². The van der Waals surface area contributed by atoms with E-state index in [1.165, 1.54) is 6.07 Å². The summed E-state index contributed by atoms with van der Waals surface area (Å²) in [5, 5.41) is 12.8. The normalized spacial score (nSPS) is 10.9. The summed E-state index contributed by atoms with van der Waals surface area (Å²) in [4.78, 5) is 14.3. The van der Waals surface area contributed by atoms with Gasteiger partial charge in [-0.25, -0.2) is 0 Å². The predicted molar refractivity (Wildman–Crippen MR) is 101 cm³/mol. The van der Waals surface area contributed by atoms with Gasteiger partial charge in [-0.2, -0.15) is 5.26 Å². The van der Waals surface area contributed by atoms with Crippen molar-refractivity contribution in [1.29, 1.82) is 5.26 Å². The van der Waals surface area contributed by atoms with Gasteiger partial charge in [-0.05, 0) is 30.7 Å². The molecule has 0 saturated heterocycles. The SMILES string of the molecule is CCN(/C=C(/C#N)C(=O)Nc1ccc(Cl)cc1Cl)Cc1ccccc1. The van der Waals surface area contributed by atoms with E-state index in [0.717, 1.165) is 5.56 Å². The van der Waals surface area contributed by atoms with E-state index in [2.05, 4.69) is 5.32 Å². The number of nitrogens with one attached hydrogen (secondary N) is 1. The summed E-state index contributed by atoms with van der Waals surface area (Å²) in [7, 11) is 0. The minimum atomic E-state index is -0.516. The highest BCUT2D eigenvalue weighted by molar-refractivity contribution is 6.36. The Kier molecular flexibility index (Phi) is 6.88. The van der Waals surface area contributed by atoms with Crippen LogP contribution in [0.3, 0.4) is 0 Å². The third kappa shape index (κ3) is 5.53. The highest BCUT2D eigenvalue weighted by Gasteiger charge is 2.13. The van der Waals surface area contributed by atoms with Crippen molar-refractivity contribution in [3.8, 4) is 6.07 Å². The van der Waals surface area contributed by atoms with Crippen molar-refractivity contribution in [2.24, 2.45) is 0 Å². The molecule has 0 aliphatic carbocycles. The van der Waals surface area contributed by atoms with Crippen LogP contribution in [-0.4, -0.2) is 17.4 Å². The fourth-order valence-corrected chi connectivity index (χ4v) is 2.62. The zero-order valence-electron chi connectivity index (χ0n) is 13.7. The standard InChI is InChI=1S/C19H17Cl2N3O/c1-2-24(12-14-6-4-3-5-7-14)13-15(11-22)19(25)23-18-9-8-16(20)10-17(18)21/h3-10,13H,2,12H2,1H3,(H,23,25)/b15-13-. The maximum Gasteiger partial charge on any atom is 0.267 e. The molecular formula is C19H17Cl2N3O. The maximum atomic E-state index is 12.4. The molecule has 0 fully saturated rings. The van der Waals surface area contributed by atoms with Gasteiger partial charge in [-0.3, -0.25) is 4.79 Å². The third-order valence-electron chi connectivity index (χ3n) is 3.49. The molecule has 0 spiro atoms. The van der Waals surface area contributed by atoms with Gasteiger partial charge in [-0.15, -0.1) is 0 Å². The Morgan fingerprint density at radius 3 is 2.56 bits per heavy atom. The van der Waals surface area contributed by atoms with E-state index in [1.54, 1.807) is 18.3 Å². The average Bonchev–Trinajstić information content (AvgIpc) is 2.61. The van der Waals surface area contributed by atoms with E-state index in [0.29, 0.717) is 28.8 Å². The number of rotatable bonds is 6. The quantitative estimate of drug-likeness (QED) is 0.580. The van der Waals surface area contributed by atoms with Crippen LogP contribution in [0, 0.1) is 11.3 Å². The molecule has 25 heavy (non-hydrogen) atoms. The van der Waals surface area contributed by atoms with Crippen LogP contribution in [0.2, 0.25) is 10.0 Å². The van der Waals surface area contributed by atoms with Gasteiger partial charge in [0.2, 0.25) is 0 Å². The fourth-order valence-electron chi connectivity index (χ4n) is 2.17. The maximum absolute atomic E-state index is 12.4. The predicted octanol–water partition coefficient (Wildman–Crippen LogP) is 4.86. The van der Waals surface area contributed by atoms with E-state index < -0.39 is 5.91 Å². The lowest BCUT2D eigenvalue weighted by Crippen LogP contribution is -2.21. The number of carbonyl (C=O) groups is 1. The van der Waals surface area contributed by atoms with Gasteiger partial charge < -0.3 is 10.2 Å². The van der Waals surface area contributed by atoms with Crippen LogP contribution in [0.25, 0.3) is 0 Å². The van der Waals surface area contributed by atoms with Crippen molar-refractivity contribution in [3.63, 3.8) is 0 Å². The highest BCUT2D eigenvalue weighted by Crippen LogP contribution is 2.25. The number of nitrogens with zero attached hydrogens (tertiary/aromatic N) is 2. The highest BCUT2D eigenvalue weighted by atomic mass is 35.5. The van der Waals surface area contributed by atoms with Gasteiger partial charge >= 0.3 is 0 Å². The van der Waals surface area contributed by atoms with E-state index in [4.69, 9.17) is 23.2 Å². The molecule has 128 valence electrons. The Morgan fingerprint density at radius 2 is 1.96 bits per heavy atom. The smallest absolute Gasteiger partial charge is 0.267 e. The van der Waals surface area contributed by atoms with Crippen molar-refractivity contribution in [2.75, 3.05) is 11.9 Å².